The molecular formula is C26H33NO6. The first-order valence-corrected chi connectivity index (χ1v) is 11.6. The number of fused-ring (bicyclic) bond motifs is 4. The van der Waals surface area contributed by atoms with Gasteiger partial charge in [0.15, 0.2) is 1.41 Å². The number of hydrogen-bond acceptors (Lipinski definition) is 6. The number of carboxylic acids is 1. The molecule has 0 radical (unpaired) electrons. The van der Waals surface area contributed by atoms with Crippen molar-refractivity contribution in [2.24, 2.45) is 35.5 Å². The van der Waals surface area contributed by atoms with E-state index >= 15 is 0 Å². The molecule has 7 rings (SSSR count). The summed E-state index contributed by atoms with van der Waals surface area (Å²) in [5, 5.41) is 18.6. The lowest BCUT2D eigenvalue weighted by molar-refractivity contribution is -0.153. The molecule has 2 fully saturated rings. The Morgan fingerprint density at radius 2 is 1.58 bits per heavy atom. The van der Waals surface area contributed by atoms with Crippen molar-refractivity contribution in [3.05, 3.63) is 60.2 Å². The van der Waals surface area contributed by atoms with Gasteiger partial charge >= 0.3 is 11.9 Å². The number of nitrogens with one attached hydrogen (secondary N) is 1. The maximum absolute atomic E-state index is 12.1. The smallest absolute Gasteiger partial charge is 0.309 e. The normalized spacial score (nSPS) is 31.0. The first-order chi connectivity index (χ1) is 16.5. The van der Waals surface area contributed by atoms with E-state index in [1.54, 1.807) is 0 Å². The summed E-state index contributed by atoms with van der Waals surface area (Å²) in [6, 6.07) is 9.87. The van der Waals surface area contributed by atoms with Crippen molar-refractivity contribution in [2.45, 2.75) is 45.1 Å². The van der Waals surface area contributed by atoms with Crippen LogP contribution in [0.5, 0.6) is 0 Å². The molecule has 6 atom stereocenters. The highest BCUT2D eigenvalue weighted by atomic mass is 17.1. The van der Waals surface area contributed by atoms with Crippen molar-refractivity contribution in [1.29, 1.82) is 5.40 Å². The van der Waals surface area contributed by atoms with E-state index in [0.717, 1.165) is 31.2 Å². The monoisotopic (exact) mass is 456 g/mol. The van der Waals surface area contributed by atoms with Gasteiger partial charge in [0.1, 0.15) is 6.61 Å². The predicted octanol–water partition coefficient (Wildman–Crippen LogP) is 5.09. The second-order valence-corrected chi connectivity index (χ2v) is 9.10. The van der Waals surface area contributed by atoms with Gasteiger partial charge in [0.25, 0.3) is 0 Å². The molecule has 2 saturated carbocycles. The molecule has 0 heterocycles. The number of carbonyl (C=O) groups is 2. The van der Waals surface area contributed by atoms with Crippen molar-refractivity contribution in [3.8, 4) is 0 Å². The Labute approximate surface area is 196 Å². The van der Waals surface area contributed by atoms with E-state index in [1.165, 1.54) is 12.8 Å². The maximum atomic E-state index is 12.1. The highest BCUT2D eigenvalue weighted by Gasteiger charge is 2.37. The Kier molecular flexibility index (Phi) is 8.69. The number of hydrogen-bond donors (Lipinski definition) is 3. The van der Waals surface area contributed by atoms with Crippen LogP contribution in [0.3, 0.4) is 0 Å². The molecule has 178 valence electrons. The molecular weight excluding hydrogens is 422 g/mol. The first-order valence-electron chi connectivity index (χ1n) is 12.0. The molecule has 1 aromatic rings. The highest BCUT2D eigenvalue weighted by Crippen LogP contribution is 2.41. The van der Waals surface area contributed by atoms with Gasteiger partial charge in [-0.25, -0.2) is 5.26 Å². The molecule has 0 amide bonds. The van der Waals surface area contributed by atoms with Crippen LogP contribution in [0, 0.1) is 40.9 Å². The van der Waals surface area contributed by atoms with E-state index in [2.05, 4.69) is 34.6 Å². The Morgan fingerprint density at radius 3 is 1.94 bits per heavy atom. The molecule has 7 heteroatoms. The molecule has 6 aliphatic rings. The maximum Gasteiger partial charge on any atom is 0.309 e. The number of aliphatic carboxylic acids is 1. The van der Waals surface area contributed by atoms with Gasteiger partial charge in [-0.1, -0.05) is 54.6 Å². The zero-order valence-electron chi connectivity index (χ0n) is 19.7. The first kappa shape index (κ1) is 23.2. The average molecular weight is 457 g/mol. The Balaban J connectivity index is 0.000000172. The van der Waals surface area contributed by atoms with Gasteiger partial charge in [-0.3, -0.25) is 15.0 Å². The summed E-state index contributed by atoms with van der Waals surface area (Å²) in [5.74, 6) is 1.29. The second kappa shape index (κ2) is 12.3. The lowest BCUT2D eigenvalue weighted by atomic mass is 9.69. The minimum absolute atomic E-state index is 0.0158. The summed E-state index contributed by atoms with van der Waals surface area (Å²) in [6.45, 7) is 0.400. The molecule has 0 saturated heterocycles. The van der Waals surface area contributed by atoms with Gasteiger partial charge < -0.3 is 14.7 Å². The van der Waals surface area contributed by atoms with E-state index in [4.69, 9.17) is 16.5 Å². The van der Waals surface area contributed by atoms with Crippen LogP contribution in [0.4, 0.5) is 0 Å². The van der Waals surface area contributed by atoms with Gasteiger partial charge in [-0.15, -0.1) is 0 Å². The van der Waals surface area contributed by atoms with E-state index in [-0.39, 0.29) is 17.8 Å². The van der Waals surface area contributed by atoms with Gasteiger partial charge in [0.05, 0.1) is 11.8 Å². The van der Waals surface area contributed by atoms with Crippen molar-refractivity contribution < 1.29 is 31.0 Å². The molecule has 1 aromatic carbocycles. The Bertz CT molecular complexity index is 887. The summed E-state index contributed by atoms with van der Waals surface area (Å²) in [6.07, 6.45) is 15.9. The van der Waals surface area contributed by atoms with Crippen LogP contribution in [-0.2, 0) is 25.8 Å². The third-order valence-corrected chi connectivity index (χ3v) is 7.04. The third-order valence-electron chi connectivity index (χ3n) is 7.04. The minimum atomic E-state index is -0.607. The van der Waals surface area contributed by atoms with Gasteiger partial charge in [0.2, 0.25) is 6.40 Å². The standard InChI is InChI=1S/C16H18O2.C9H12O2.CH3NO2/c17-16(18-11-13-4-2-1-3-5-13)15-10-12-6-8-14(15)9-7-12;10-9(11)8-5-6-1-3-7(8)4-2-6;2-1-4-3/h1-6,8,12,14-15H,7,9-11H2;1,3,6-8H,2,4-5H2,(H,10,11);1-3H/i/hD. The van der Waals surface area contributed by atoms with Crippen LogP contribution < -0.4 is 0 Å². The Morgan fingerprint density at radius 1 is 0.970 bits per heavy atom. The molecule has 6 aliphatic carbocycles. The van der Waals surface area contributed by atoms with Crippen molar-refractivity contribution >= 4 is 18.3 Å². The van der Waals surface area contributed by atoms with E-state index in [1.807, 2.05) is 30.3 Å². The lowest BCUT2D eigenvalue weighted by Crippen LogP contribution is -2.33. The van der Waals surface area contributed by atoms with E-state index in [9.17, 15) is 9.59 Å². The third kappa shape index (κ3) is 7.02. The van der Waals surface area contributed by atoms with Crippen LogP contribution in [0.1, 0.15) is 44.1 Å². The van der Waals surface area contributed by atoms with Crippen LogP contribution in [0.25, 0.3) is 0 Å². The number of ether oxygens (including phenoxy) is 1. The topological polar surface area (TPSA) is 117 Å². The summed E-state index contributed by atoms with van der Waals surface area (Å²) in [4.78, 5) is 26.0. The van der Waals surface area contributed by atoms with Crippen LogP contribution >= 0.6 is 0 Å². The zero-order chi connectivity index (χ0) is 24.3. The SMILES string of the molecule is O=C(O)C1CC2C=CC1CC2.O=C(OCc1ccccc1)C1CC2C=CC1CC2.[2H]N=COO. The van der Waals surface area contributed by atoms with Crippen molar-refractivity contribution in [2.75, 3.05) is 0 Å². The van der Waals surface area contributed by atoms with Gasteiger partial charge in [-0.2, -0.15) is 0 Å². The summed E-state index contributed by atoms with van der Waals surface area (Å²) in [7, 11) is 0. The molecule has 6 unspecified atom stereocenters. The minimum Gasteiger partial charge on any atom is -0.481 e. The van der Waals surface area contributed by atoms with Crippen LogP contribution in [0.2, 0.25) is 1.41 Å². The fourth-order valence-electron chi connectivity index (χ4n) is 5.25. The molecule has 33 heavy (non-hydrogen) atoms. The Hall–Kier alpha value is -2.93. The predicted molar refractivity (Wildman–Crippen MR) is 123 cm³/mol. The summed E-state index contributed by atoms with van der Waals surface area (Å²) in [5.41, 5.74) is 1.06. The molecule has 7 nitrogen and oxygen atoms in total. The number of benzene rings is 1. The fraction of sp³-hybridized carbons (Fsp3) is 0.500. The second-order valence-electron chi connectivity index (χ2n) is 9.10. The number of carboxylic acid groups (broad SMARTS) is 1. The number of esters is 1. The summed E-state index contributed by atoms with van der Waals surface area (Å²) >= 11 is 0. The number of carbonyl (C=O) groups excluding carboxylic acids is 1. The van der Waals surface area contributed by atoms with Crippen molar-refractivity contribution in [3.63, 3.8) is 0 Å². The van der Waals surface area contributed by atoms with E-state index < -0.39 is 5.97 Å². The van der Waals surface area contributed by atoms with Crippen LogP contribution in [0.15, 0.2) is 54.6 Å². The summed E-state index contributed by atoms with van der Waals surface area (Å²) < 4.78 is 11.3. The van der Waals surface area contributed by atoms with Crippen molar-refractivity contribution in [1.82, 2.24) is 0 Å². The van der Waals surface area contributed by atoms with E-state index in [0.29, 0.717) is 36.7 Å². The van der Waals surface area contributed by atoms with Gasteiger partial charge in [0, 0.05) is 0 Å². The quantitative estimate of drug-likeness (QED) is 0.142. The molecule has 3 N–H and O–H groups in total. The molecule has 0 spiro atoms. The molecule has 0 aromatic heterocycles. The molecule has 4 bridgehead atoms. The lowest BCUT2D eigenvalue weighted by Gasteiger charge is -2.36. The molecule has 0 aliphatic heterocycles. The fourth-order valence-corrected chi connectivity index (χ4v) is 5.25. The average Bonchev–Trinajstić information content (AvgIpc) is 2.90. The largest absolute Gasteiger partial charge is 0.481 e. The number of allylic oxidation sites excluding steroid dienone is 4. The highest BCUT2D eigenvalue weighted by molar-refractivity contribution is 5.73. The van der Waals surface area contributed by atoms with Gasteiger partial charge in [-0.05, 0) is 67.8 Å². The van der Waals surface area contributed by atoms with Crippen LogP contribution in [-0.4, -0.2) is 28.7 Å². The number of rotatable bonds is 5. The zero-order valence-corrected chi connectivity index (χ0v) is 18.7.